The van der Waals surface area contributed by atoms with Crippen molar-refractivity contribution in [2.75, 3.05) is 43.4 Å². The minimum atomic E-state index is 0.847. The molecule has 1 rings (SSSR count). The molecule has 0 fully saturated rings. The van der Waals surface area contributed by atoms with E-state index in [0.29, 0.717) is 0 Å². The summed E-state index contributed by atoms with van der Waals surface area (Å²) in [6.07, 6.45) is 1.19. The molecule has 1 aromatic carbocycles. The van der Waals surface area contributed by atoms with Crippen LogP contribution >= 0.6 is 15.9 Å². The normalized spacial score (nSPS) is 11.1. The van der Waals surface area contributed by atoms with Crippen molar-refractivity contribution in [2.24, 2.45) is 0 Å². The van der Waals surface area contributed by atoms with Crippen molar-refractivity contribution in [1.82, 2.24) is 4.90 Å². The van der Waals surface area contributed by atoms with Crippen LogP contribution in [0.15, 0.2) is 16.6 Å². The topological polar surface area (TPSA) is 32.5 Å². The number of hydrogen-bond donors (Lipinski definition) is 1. The highest BCUT2D eigenvalue weighted by Gasteiger charge is 2.11. The van der Waals surface area contributed by atoms with Crippen LogP contribution < -0.4 is 10.6 Å². The smallest absolute Gasteiger partial charge is 0.0514 e. The number of benzene rings is 1. The molecule has 3 nitrogen and oxygen atoms in total. The van der Waals surface area contributed by atoms with E-state index in [0.717, 1.165) is 48.4 Å². The Hall–Kier alpha value is -0.740. The molecular formula is C16H28BrN3. The van der Waals surface area contributed by atoms with Crippen molar-refractivity contribution in [3.05, 3.63) is 22.2 Å². The summed E-state index contributed by atoms with van der Waals surface area (Å²) in [6, 6.07) is 4.19. The van der Waals surface area contributed by atoms with Crippen LogP contribution in [-0.2, 0) is 0 Å². The van der Waals surface area contributed by atoms with Crippen LogP contribution in [0.3, 0.4) is 0 Å². The average molecular weight is 342 g/mol. The second-order valence-electron chi connectivity index (χ2n) is 5.12. The summed E-state index contributed by atoms with van der Waals surface area (Å²) >= 11 is 3.64. The maximum atomic E-state index is 5.95. The predicted octanol–water partition coefficient (Wildman–Crippen LogP) is 3.90. The molecule has 0 aromatic heterocycles. The van der Waals surface area contributed by atoms with Crippen molar-refractivity contribution >= 4 is 27.3 Å². The first kappa shape index (κ1) is 17.3. The Labute approximate surface area is 132 Å². The third-order valence-corrected chi connectivity index (χ3v) is 4.49. The molecule has 1 aromatic rings. The molecule has 2 N–H and O–H groups in total. The van der Waals surface area contributed by atoms with Crippen molar-refractivity contribution in [3.63, 3.8) is 0 Å². The second-order valence-corrected chi connectivity index (χ2v) is 5.97. The van der Waals surface area contributed by atoms with Gasteiger partial charge in [-0.05, 0) is 73.5 Å². The lowest BCUT2D eigenvalue weighted by Gasteiger charge is -2.27. The fraction of sp³-hybridized carbons (Fsp3) is 0.625. The molecule has 0 saturated heterocycles. The molecule has 0 aliphatic rings. The number of anilines is 2. The summed E-state index contributed by atoms with van der Waals surface area (Å²) in [5, 5.41) is 0. The van der Waals surface area contributed by atoms with Crippen molar-refractivity contribution in [2.45, 2.75) is 34.1 Å². The predicted molar refractivity (Wildman–Crippen MR) is 93.6 cm³/mol. The van der Waals surface area contributed by atoms with Crippen LogP contribution in [0.4, 0.5) is 11.4 Å². The highest BCUT2D eigenvalue weighted by Crippen LogP contribution is 2.30. The number of aryl methyl sites for hydroxylation is 1. The minimum Gasteiger partial charge on any atom is -0.398 e. The van der Waals surface area contributed by atoms with E-state index >= 15 is 0 Å². The highest BCUT2D eigenvalue weighted by molar-refractivity contribution is 9.10. The first-order valence-electron chi connectivity index (χ1n) is 7.56. The van der Waals surface area contributed by atoms with Crippen LogP contribution in [0.25, 0.3) is 0 Å². The number of rotatable bonds is 8. The summed E-state index contributed by atoms with van der Waals surface area (Å²) in [7, 11) is 0. The standard InChI is InChI=1S/C16H28BrN3/c1-5-19(6-2)9-8-10-20(7-3)16-11-13(4)15(18)12-14(16)17/h11-12H,5-10,18H2,1-4H3. The molecular weight excluding hydrogens is 314 g/mol. The Balaban J connectivity index is 2.69. The van der Waals surface area contributed by atoms with Crippen LogP contribution in [0, 0.1) is 6.92 Å². The average Bonchev–Trinajstić information content (AvgIpc) is 2.44. The van der Waals surface area contributed by atoms with Gasteiger partial charge in [0.2, 0.25) is 0 Å². The Morgan fingerprint density at radius 3 is 2.25 bits per heavy atom. The SMILES string of the molecule is CCN(CC)CCCN(CC)c1cc(C)c(N)cc1Br. The van der Waals surface area contributed by atoms with E-state index in [-0.39, 0.29) is 0 Å². The maximum absolute atomic E-state index is 5.95. The van der Waals surface area contributed by atoms with Gasteiger partial charge in [-0.25, -0.2) is 0 Å². The Morgan fingerprint density at radius 1 is 1.05 bits per heavy atom. The Morgan fingerprint density at radius 2 is 1.70 bits per heavy atom. The lowest BCUT2D eigenvalue weighted by Crippen LogP contribution is -2.30. The number of nitrogen functional groups attached to an aromatic ring is 1. The molecule has 114 valence electrons. The van der Waals surface area contributed by atoms with Gasteiger partial charge in [0.05, 0.1) is 5.69 Å². The quantitative estimate of drug-likeness (QED) is 0.728. The molecule has 4 heteroatoms. The summed E-state index contributed by atoms with van der Waals surface area (Å²) in [5.41, 5.74) is 9.19. The molecule has 0 aliphatic carbocycles. The lowest BCUT2D eigenvalue weighted by atomic mass is 10.1. The van der Waals surface area contributed by atoms with E-state index in [9.17, 15) is 0 Å². The van der Waals surface area contributed by atoms with E-state index in [1.54, 1.807) is 0 Å². The first-order chi connectivity index (χ1) is 9.53. The van der Waals surface area contributed by atoms with Gasteiger partial charge < -0.3 is 15.5 Å². The van der Waals surface area contributed by atoms with Gasteiger partial charge >= 0.3 is 0 Å². The van der Waals surface area contributed by atoms with Gasteiger partial charge in [-0.3, -0.25) is 0 Å². The summed E-state index contributed by atoms with van der Waals surface area (Å²) < 4.78 is 1.09. The molecule has 0 bridgehead atoms. The van der Waals surface area contributed by atoms with Crippen molar-refractivity contribution in [3.8, 4) is 0 Å². The van der Waals surface area contributed by atoms with Gasteiger partial charge in [-0.2, -0.15) is 0 Å². The third kappa shape index (κ3) is 4.67. The molecule has 0 atom stereocenters. The van der Waals surface area contributed by atoms with Crippen LogP contribution in [-0.4, -0.2) is 37.6 Å². The molecule has 0 unspecified atom stereocenters. The van der Waals surface area contributed by atoms with E-state index in [2.05, 4.69) is 59.5 Å². The van der Waals surface area contributed by atoms with E-state index in [4.69, 9.17) is 5.73 Å². The van der Waals surface area contributed by atoms with Crippen LogP contribution in [0.1, 0.15) is 32.8 Å². The molecule has 0 amide bonds. The monoisotopic (exact) mass is 341 g/mol. The first-order valence-corrected chi connectivity index (χ1v) is 8.35. The molecule has 0 radical (unpaired) electrons. The Bertz CT molecular complexity index is 416. The second kappa shape index (κ2) is 8.53. The maximum Gasteiger partial charge on any atom is 0.0514 e. The number of halogens is 1. The van der Waals surface area contributed by atoms with Crippen LogP contribution in [0.5, 0.6) is 0 Å². The van der Waals surface area contributed by atoms with Gasteiger partial charge in [0, 0.05) is 23.2 Å². The molecule has 0 saturated carbocycles. The van der Waals surface area contributed by atoms with Crippen LogP contribution in [0.2, 0.25) is 0 Å². The fourth-order valence-corrected chi connectivity index (χ4v) is 3.01. The fourth-order valence-electron chi connectivity index (χ4n) is 2.40. The van der Waals surface area contributed by atoms with Crippen molar-refractivity contribution in [1.29, 1.82) is 0 Å². The minimum absolute atomic E-state index is 0.847. The van der Waals surface area contributed by atoms with Gasteiger partial charge in [0.15, 0.2) is 0 Å². The van der Waals surface area contributed by atoms with E-state index in [1.807, 2.05) is 6.07 Å². The summed E-state index contributed by atoms with van der Waals surface area (Å²) in [4.78, 5) is 4.89. The largest absolute Gasteiger partial charge is 0.398 e. The van der Waals surface area contributed by atoms with E-state index < -0.39 is 0 Å². The zero-order valence-corrected chi connectivity index (χ0v) is 14.8. The zero-order valence-electron chi connectivity index (χ0n) is 13.2. The third-order valence-electron chi connectivity index (χ3n) is 3.85. The van der Waals surface area contributed by atoms with Gasteiger partial charge in [0.25, 0.3) is 0 Å². The Kier molecular flexibility index (Phi) is 7.38. The number of hydrogen-bond acceptors (Lipinski definition) is 3. The van der Waals surface area contributed by atoms with E-state index in [1.165, 1.54) is 12.1 Å². The highest BCUT2D eigenvalue weighted by atomic mass is 79.9. The summed E-state index contributed by atoms with van der Waals surface area (Å²) in [5.74, 6) is 0. The van der Waals surface area contributed by atoms with Gasteiger partial charge in [-0.1, -0.05) is 13.8 Å². The zero-order chi connectivity index (χ0) is 15.1. The molecule has 0 spiro atoms. The van der Waals surface area contributed by atoms with Gasteiger partial charge in [-0.15, -0.1) is 0 Å². The van der Waals surface area contributed by atoms with Crippen molar-refractivity contribution < 1.29 is 0 Å². The van der Waals surface area contributed by atoms with Gasteiger partial charge in [0.1, 0.15) is 0 Å². The molecule has 0 aliphatic heterocycles. The molecule has 0 heterocycles. The number of nitrogens with two attached hydrogens (primary N) is 1. The number of nitrogens with zero attached hydrogens (tertiary/aromatic N) is 2. The lowest BCUT2D eigenvalue weighted by molar-refractivity contribution is 0.301. The summed E-state index contributed by atoms with van der Waals surface area (Å²) in [6.45, 7) is 14.2. The molecule has 20 heavy (non-hydrogen) atoms.